The molecule has 0 N–H and O–H groups in total. The van der Waals surface area contributed by atoms with Gasteiger partial charge in [0.15, 0.2) is 0 Å². The van der Waals surface area contributed by atoms with E-state index in [0.29, 0.717) is 0 Å². The molecule has 32 heavy (non-hydrogen) atoms. The monoisotopic (exact) mass is 589 g/mol. The quantitative estimate of drug-likeness (QED) is 0.211. The van der Waals surface area contributed by atoms with Gasteiger partial charge in [0.25, 0.3) is 0 Å². The molecule has 0 atom stereocenters. The summed E-state index contributed by atoms with van der Waals surface area (Å²) in [5.41, 5.74) is 9.51. The predicted octanol–water partition coefficient (Wildman–Crippen LogP) is 6.67. The van der Waals surface area contributed by atoms with Gasteiger partial charge in [0.2, 0.25) is 0 Å². The second-order valence-electron chi connectivity index (χ2n) is 7.33. The largest absolute Gasteiger partial charge is 0.305 e. The smallest absolute Gasteiger partial charge is 0.0160 e. The zero-order chi connectivity index (χ0) is 20.9. The fourth-order valence-corrected chi connectivity index (χ4v) is 3.81. The van der Waals surface area contributed by atoms with Crippen LogP contribution in [0.2, 0.25) is 0 Å². The predicted molar refractivity (Wildman–Crippen MR) is 125 cm³/mol. The van der Waals surface area contributed by atoms with Crippen LogP contribution in [0.15, 0.2) is 109 Å². The van der Waals surface area contributed by atoms with E-state index in [0.717, 1.165) is 28.9 Å². The number of pyridine rings is 2. The summed E-state index contributed by atoms with van der Waals surface area (Å²) in [4.78, 5) is 8.62. The summed E-state index contributed by atoms with van der Waals surface area (Å²) in [5.74, 6) is 0. The normalized spacial score (nSPS) is 10.8. The van der Waals surface area contributed by atoms with Crippen LogP contribution in [0.1, 0.15) is 11.1 Å². The third-order valence-electron chi connectivity index (χ3n) is 5.32. The molecule has 0 saturated carbocycles. The maximum atomic E-state index is 4.40. The number of hydrogen-bond donors (Lipinski definition) is 0. The Balaban J connectivity index is 0.000000164. The SMILES string of the molecule is [Ir].[c-]1cc2c(cc1-c1ccccn1)-c1ccccc1C2.[c-]1ccccc1-c1ccccn1. The van der Waals surface area contributed by atoms with Crippen molar-refractivity contribution in [3.8, 4) is 33.6 Å². The Bertz CT molecular complexity index is 1250. The first-order valence-corrected chi connectivity index (χ1v) is 10.3. The summed E-state index contributed by atoms with van der Waals surface area (Å²) in [5, 5.41) is 0. The maximum absolute atomic E-state index is 4.40. The van der Waals surface area contributed by atoms with E-state index in [1.54, 1.807) is 6.20 Å². The Hall–Kier alpha value is -3.39. The Labute approximate surface area is 202 Å². The van der Waals surface area contributed by atoms with Gasteiger partial charge in [0, 0.05) is 32.5 Å². The molecule has 1 radical (unpaired) electrons. The van der Waals surface area contributed by atoms with Gasteiger partial charge in [-0.1, -0.05) is 54.1 Å². The summed E-state index contributed by atoms with van der Waals surface area (Å²) < 4.78 is 0. The summed E-state index contributed by atoms with van der Waals surface area (Å²) in [6.07, 6.45) is 4.63. The van der Waals surface area contributed by atoms with Crippen molar-refractivity contribution in [1.82, 2.24) is 9.97 Å². The minimum Gasteiger partial charge on any atom is -0.305 e. The first-order chi connectivity index (χ1) is 15.4. The van der Waals surface area contributed by atoms with Gasteiger partial charge in [-0.25, -0.2) is 0 Å². The third-order valence-corrected chi connectivity index (χ3v) is 5.32. The molecule has 2 aromatic heterocycles. The van der Waals surface area contributed by atoms with Crippen LogP contribution in [0.3, 0.4) is 0 Å². The minimum absolute atomic E-state index is 0. The van der Waals surface area contributed by atoms with Crippen molar-refractivity contribution in [2.24, 2.45) is 0 Å². The maximum Gasteiger partial charge on any atom is 0.0160 e. The van der Waals surface area contributed by atoms with Crippen LogP contribution in [-0.4, -0.2) is 9.97 Å². The van der Waals surface area contributed by atoms with Gasteiger partial charge < -0.3 is 9.97 Å². The number of fused-ring (bicyclic) bond motifs is 3. The van der Waals surface area contributed by atoms with Crippen molar-refractivity contribution in [3.63, 3.8) is 0 Å². The second kappa shape index (κ2) is 10.3. The van der Waals surface area contributed by atoms with Gasteiger partial charge in [-0.15, -0.1) is 65.2 Å². The van der Waals surface area contributed by atoms with E-state index in [9.17, 15) is 0 Å². The average Bonchev–Trinajstić information content (AvgIpc) is 3.24. The molecule has 0 spiro atoms. The van der Waals surface area contributed by atoms with Gasteiger partial charge in [-0.2, -0.15) is 0 Å². The number of nitrogens with zero attached hydrogens (tertiary/aromatic N) is 2. The van der Waals surface area contributed by atoms with Crippen LogP contribution in [-0.2, 0) is 26.5 Å². The molecule has 6 rings (SSSR count). The van der Waals surface area contributed by atoms with Crippen LogP contribution < -0.4 is 0 Å². The summed E-state index contributed by atoms with van der Waals surface area (Å²) in [6, 6.07) is 39.1. The molecular weight excluding hydrogens is 569 g/mol. The van der Waals surface area contributed by atoms with E-state index in [1.807, 2.05) is 66.9 Å². The molecule has 0 amide bonds. The van der Waals surface area contributed by atoms with Gasteiger partial charge in [-0.05, 0) is 41.1 Å². The van der Waals surface area contributed by atoms with E-state index < -0.39 is 0 Å². The number of benzene rings is 3. The molecule has 2 heterocycles. The fraction of sp³-hybridized carbons (Fsp3) is 0.0345. The van der Waals surface area contributed by atoms with Crippen LogP contribution >= 0.6 is 0 Å². The number of rotatable bonds is 2. The van der Waals surface area contributed by atoms with Gasteiger partial charge >= 0.3 is 0 Å². The van der Waals surface area contributed by atoms with Gasteiger partial charge in [0.05, 0.1) is 0 Å². The fourth-order valence-electron chi connectivity index (χ4n) is 3.81. The molecule has 1 aliphatic carbocycles. The zero-order valence-electron chi connectivity index (χ0n) is 17.3. The third kappa shape index (κ3) is 4.75. The molecule has 2 nitrogen and oxygen atoms in total. The van der Waals surface area contributed by atoms with Crippen molar-refractivity contribution in [2.45, 2.75) is 6.42 Å². The van der Waals surface area contributed by atoms with Crippen molar-refractivity contribution < 1.29 is 20.1 Å². The van der Waals surface area contributed by atoms with Crippen molar-refractivity contribution >= 4 is 0 Å². The minimum atomic E-state index is 0. The van der Waals surface area contributed by atoms with E-state index in [-0.39, 0.29) is 20.1 Å². The Kier molecular flexibility index (Phi) is 7.01. The molecule has 3 aromatic carbocycles. The summed E-state index contributed by atoms with van der Waals surface area (Å²) in [6.45, 7) is 0. The average molecular weight is 589 g/mol. The molecule has 3 heteroatoms. The van der Waals surface area contributed by atoms with E-state index in [2.05, 4.69) is 58.5 Å². The molecule has 0 unspecified atom stereocenters. The molecule has 0 bridgehead atoms. The van der Waals surface area contributed by atoms with E-state index in [1.165, 1.54) is 22.3 Å². The molecule has 0 saturated heterocycles. The molecular formula is C29H20IrN2-2. The van der Waals surface area contributed by atoms with E-state index >= 15 is 0 Å². The number of hydrogen-bond acceptors (Lipinski definition) is 2. The number of aromatic nitrogens is 2. The van der Waals surface area contributed by atoms with E-state index in [4.69, 9.17) is 0 Å². The summed E-state index contributed by atoms with van der Waals surface area (Å²) in [7, 11) is 0. The molecule has 0 fully saturated rings. The van der Waals surface area contributed by atoms with Gasteiger partial charge in [0.1, 0.15) is 0 Å². The van der Waals surface area contributed by atoms with Crippen molar-refractivity contribution in [3.05, 3.63) is 133 Å². The van der Waals surface area contributed by atoms with Crippen LogP contribution in [0, 0.1) is 12.1 Å². The topological polar surface area (TPSA) is 25.8 Å². The van der Waals surface area contributed by atoms with Gasteiger partial charge in [-0.3, -0.25) is 0 Å². The van der Waals surface area contributed by atoms with Crippen LogP contribution in [0.25, 0.3) is 33.6 Å². The van der Waals surface area contributed by atoms with Crippen molar-refractivity contribution in [2.75, 3.05) is 0 Å². The Morgan fingerprint density at radius 1 is 0.594 bits per heavy atom. The second-order valence-corrected chi connectivity index (χ2v) is 7.33. The molecule has 1 aliphatic rings. The standard InChI is InChI=1S/C18H12N.C11H8N.Ir/c1-2-6-16-13(5-1)11-14-8-9-15(12-17(14)16)18-7-3-4-10-19-18;1-2-6-10(7-3-1)11-8-4-5-9-12-11;/h1-8,10,12H,11H2;1-6,8-9H;/q2*-1;. The first-order valence-electron chi connectivity index (χ1n) is 10.3. The Morgan fingerprint density at radius 3 is 1.97 bits per heavy atom. The molecule has 157 valence electrons. The molecule has 0 aliphatic heterocycles. The zero-order valence-corrected chi connectivity index (χ0v) is 19.7. The van der Waals surface area contributed by atoms with Crippen molar-refractivity contribution in [1.29, 1.82) is 0 Å². The first kappa shape index (κ1) is 21.8. The van der Waals surface area contributed by atoms with Crippen LogP contribution in [0.4, 0.5) is 0 Å². The summed E-state index contributed by atoms with van der Waals surface area (Å²) >= 11 is 0. The molecule has 5 aromatic rings. The Morgan fingerprint density at radius 2 is 1.28 bits per heavy atom. The van der Waals surface area contributed by atoms with Crippen LogP contribution in [0.5, 0.6) is 0 Å².